The predicted molar refractivity (Wildman–Crippen MR) is 58.8 cm³/mol. The van der Waals surface area contributed by atoms with Gasteiger partial charge in [0.2, 0.25) is 0 Å². The van der Waals surface area contributed by atoms with Crippen LogP contribution in [0.3, 0.4) is 0 Å². The lowest BCUT2D eigenvalue weighted by Crippen LogP contribution is -2.47. The predicted octanol–water partition coefficient (Wildman–Crippen LogP) is 1.54. The first-order chi connectivity index (χ1) is 6.68. The Bertz CT molecular complexity index is 227. The Balaban J connectivity index is 1.95. The van der Waals surface area contributed by atoms with Gasteiger partial charge in [-0.15, -0.1) is 0 Å². The zero-order valence-corrected chi connectivity index (χ0v) is 9.29. The SMILES string of the molecule is CC1CC(N2CCCC2=N)CCN1C. The van der Waals surface area contributed by atoms with E-state index in [-0.39, 0.29) is 0 Å². The average molecular weight is 195 g/mol. The molecule has 3 nitrogen and oxygen atoms in total. The molecule has 2 aliphatic rings. The normalized spacial score (nSPS) is 35.3. The Morgan fingerprint density at radius 3 is 2.71 bits per heavy atom. The summed E-state index contributed by atoms with van der Waals surface area (Å²) in [5, 5.41) is 7.87. The van der Waals surface area contributed by atoms with E-state index in [1.54, 1.807) is 0 Å². The van der Waals surface area contributed by atoms with Crippen molar-refractivity contribution in [2.75, 3.05) is 20.1 Å². The van der Waals surface area contributed by atoms with Gasteiger partial charge in [0.25, 0.3) is 0 Å². The molecule has 0 bridgehead atoms. The van der Waals surface area contributed by atoms with Gasteiger partial charge in [-0.3, -0.25) is 5.41 Å². The third-order valence-electron chi connectivity index (χ3n) is 3.78. The second-order valence-corrected chi connectivity index (χ2v) is 4.75. The molecule has 80 valence electrons. The van der Waals surface area contributed by atoms with Gasteiger partial charge >= 0.3 is 0 Å². The number of likely N-dealkylation sites (tertiary alicyclic amines) is 2. The number of nitrogens with zero attached hydrogens (tertiary/aromatic N) is 2. The van der Waals surface area contributed by atoms with Gasteiger partial charge in [0.15, 0.2) is 0 Å². The summed E-state index contributed by atoms with van der Waals surface area (Å²) < 4.78 is 0. The molecule has 1 N–H and O–H groups in total. The molecule has 2 atom stereocenters. The van der Waals surface area contributed by atoms with Crippen LogP contribution in [0, 0.1) is 5.41 Å². The molecule has 2 saturated heterocycles. The fourth-order valence-electron chi connectivity index (χ4n) is 2.65. The van der Waals surface area contributed by atoms with Crippen LogP contribution < -0.4 is 0 Å². The maximum Gasteiger partial charge on any atom is 0.0960 e. The molecule has 2 aliphatic heterocycles. The van der Waals surface area contributed by atoms with E-state index in [1.165, 1.54) is 25.8 Å². The monoisotopic (exact) mass is 195 g/mol. The molecule has 0 aromatic rings. The van der Waals surface area contributed by atoms with E-state index in [1.807, 2.05) is 0 Å². The number of amidine groups is 1. The van der Waals surface area contributed by atoms with Gasteiger partial charge in [-0.2, -0.15) is 0 Å². The number of hydrogen-bond donors (Lipinski definition) is 1. The van der Waals surface area contributed by atoms with Gasteiger partial charge in [-0.25, -0.2) is 0 Å². The van der Waals surface area contributed by atoms with Gasteiger partial charge in [0.05, 0.1) is 5.84 Å². The van der Waals surface area contributed by atoms with Gasteiger partial charge in [0.1, 0.15) is 0 Å². The molecule has 2 heterocycles. The third-order valence-corrected chi connectivity index (χ3v) is 3.78. The minimum atomic E-state index is 0.649. The Morgan fingerprint density at radius 2 is 2.14 bits per heavy atom. The Kier molecular flexibility index (Phi) is 2.77. The zero-order chi connectivity index (χ0) is 10.1. The summed E-state index contributed by atoms with van der Waals surface area (Å²) in [7, 11) is 2.20. The molecule has 0 amide bonds. The van der Waals surface area contributed by atoms with Crippen molar-refractivity contribution in [3.8, 4) is 0 Å². The Labute approximate surface area is 86.6 Å². The van der Waals surface area contributed by atoms with Crippen LogP contribution in [-0.4, -0.2) is 47.9 Å². The molecule has 2 fully saturated rings. The smallest absolute Gasteiger partial charge is 0.0960 e. The minimum absolute atomic E-state index is 0.649. The molecule has 0 aromatic heterocycles. The fourth-order valence-corrected chi connectivity index (χ4v) is 2.65. The van der Waals surface area contributed by atoms with E-state index in [0.717, 1.165) is 18.8 Å². The maximum absolute atomic E-state index is 7.87. The lowest BCUT2D eigenvalue weighted by molar-refractivity contribution is 0.131. The van der Waals surface area contributed by atoms with Crippen molar-refractivity contribution in [1.82, 2.24) is 9.80 Å². The Morgan fingerprint density at radius 1 is 1.36 bits per heavy atom. The van der Waals surface area contributed by atoms with E-state index >= 15 is 0 Å². The quantitative estimate of drug-likeness (QED) is 0.688. The van der Waals surface area contributed by atoms with Crippen molar-refractivity contribution in [2.45, 2.75) is 44.7 Å². The molecule has 14 heavy (non-hydrogen) atoms. The first-order valence-corrected chi connectivity index (χ1v) is 5.73. The zero-order valence-electron chi connectivity index (χ0n) is 9.29. The topological polar surface area (TPSA) is 30.3 Å². The van der Waals surface area contributed by atoms with E-state index in [4.69, 9.17) is 5.41 Å². The van der Waals surface area contributed by atoms with Crippen molar-refractivity contribution in [3.63, 3.8) is 0 Å². The molecule has 0 saturated carbocycles. The number of piperidine rings is 1. The minimum Gasteiger partial charge on any atom is -0.357 e. The molecular weight excluding hydrogens is 174 g/mol. The van der Waals surface area contributed by atoms with Crippen LogP contribution in [-0.2, 0) is 0 Å². The van der Waals surface area contributed by atoms with Gasteiger partial charge in [-0.1, -0.05) is 0 Å². The van der Waals surface area contributed by atoms with Crippen LogP contribution in [0.25, 0.3) is 0 Å². The van der Waals surface area contributed by atoms with E-state index in [2.05, 4.69) is 23.8 Å². The lowest BCUT2D eigenvalue weighted by Gasteiger charge is -2.40. The highest BCUT2D eigenvalue weighted by molar-refractivity contribution is 5.81. The van der Waals surface area contributed by atoms with Crippen molar-refractivity contribution in [3.05, 3.63) is 0 Å². The second kappa shape index (κ2) is 3.89. The average Bonchev–Trinajstić information content (AvgIpc) is 2.57. The van der Waals surface area contributed by atoms with E-state index in [9.17, 15) is 0 Å². The van der Waals surface area contributed by atoms with Gasteiger partial charge in [0, 0.05) is 31.6 Å². The molecular formula is C11H21N3. The summed E-state index contributed by atoms with van der Waals surface area (Å²) in [6.07, 6.45) is 4.67. The van der Waals surface area contributed by atoms with Crippen molar-refractivity contribution in [1.29, 1.82) is 5.41 Å². The van der Waals surface area contributed by atoms with Crippen molar-refractivity contribution in [2.24, 2.45) is 0 Å². The van der Waals surface area contributed by atoms with Crippen LogP contribution in [0.4, 0.5) is 0 Å². The lowest BCUT2D eigenvalue weighted by atomic mass is 9.98. The number of hydrogen-bond acceptors (Lipinski definition) is 2. The van der Waals surface area contributed by atoms with Crippen LogP contribution in [0.2, 0.25) is 0 Å². The third kappa shape index (κ3) is 1.78. The van der Waals surface area contributed by atoms with Gasteiger partial charge in [-0.05, 0) is 33.2 Å². The van der Waals surface area contributed by atoms with Crippen LogP contribution in [0.15, 0.2) is 0 Å². The molecule has 0 spiro atoms. The van der Waals surface area contributed by atoms with E-state index < -0.39 is 0 Å². The summed E-state index contributed by atoms with van der Waals surface area (Å²) in [5.41, 5.74) is 0. The summed E-state index contributed by atoms with van der Waals surface area (Å²) >= 11 is 0. The van der Waals surface area contributed by atoms with Crippen LogP contribution >= 0.6 is 0 Å². The first-order valence-electron chi connectivity index (χ1n) is 5.73. The standard InChI is InChI=1S/C11H21N3/c1-9-8-10(5-7-13(9)2)14-6-3-4-11(14)12/h9-10,12H,3-8H2,1-2H3. The van der Waals surface area contributed by atoms with E-state index in [0.29, 0.717) is 12.1 Å². The summed E-state index contributed by atoms with van der Waals surface area (Å²) in [4.78, 5) is 4.76. The maximum atomic E-state index is 7.87. The highest BCUT2D eigenvalue weighted by Crippen LogP contribution is 2.24. The molecule has 3 heteroatoms. The molecule has 0 radical (unpaired) electrons. The van der Waals surface area contributed by atoms with Crippen LogP contribution in [0.1, 0.15) is 32.6 Å². The summed E-state index contributed by atoms with van der Waals surface area (Å²) in [6, 6.07) is 1.33. The highest BCUT2D eigenvalue weighted by Gasteiger charge is 2.30. The number of rotatable bonds is 1. The fraction of sp³-hybridized carbons (Fsp3) is 0.909. The molecule has 0 aliphatic carbocycles. The van der Waals surface area contributed by atoms with Crippen molar-refractivity contribution >= 4 is 5.84 Å². The highest BCUT2D eigenvalue weighted by atomic mass is 15.2. The van der Waals surface area contributed by atoms with Crippen LogP contribution in [0.5, 0.6) is 0 Å². The molecule has 2 rings (SSSR count). The van der Waals surface area contributed by atoms with Gasteiger partial charge < -0.3 is 9.80 Å². The Hall–Kier alpha value is -0.570. The first kappa shape index (κ1) is 9.97. The molecule has 2 unspecified atom stereocenters. The molecule has 0 aromatic carbocycles. The largest absolute Gasteiger partial charge is 0.357 e. The summed E-state index contributed by atoms with van der Waals surface area (Å²) in [5.74, 6) is 0.881. The van der Waals surface area contributed by atoms with Crippen molar-refractivity contribution < 1.29 is 0 Å². The summed E-state index contributed by atoms with van der Waals surface area (Å²) in [6.45, 7) is 4.61. The second-order valence-electron chi connectivity index (χ2n) is 4.75. The number of nitrogens with one attached hydrogen (secondary N) is 1.